The Balaban J connectivity index is 3.23. The van der Waals surface area contributed by atoms with Crippen LogP contribution in [0.1, 0.15) is 23.1 Å². The van der Waals surface area contributed by atoms with E-state index in [1.165, 1.54) is 14.0 Å². The van der Waals surface area contributed by atoms with Gasteiger partial charge in [-0.1, -0.05) is 0 Å². The van der Waals surface area contributed by atoms with Gasteiger partial charge in [0.1, 0.15) is 0 Å². The van der Waals surface area contributed by atoms with Crippen LogP contribution in [0.4, 0.5) is 18.9 Å². The predicted molar refractivity (Wildman–Crippen MR) is 48.6 cm³/mol. The third kappa shape index (κ3) is 2.10. The average Bonchev–Trinajstić information content (AvgIpc) is 2.41. The summed E-state index contributed by atoms with van der Waals surface area (Å²) in [7, 11) is 1.19. The van der Waals surface area contributed by atoms with Gasteiger partial charge in [0.25, 0.3) is 0 Å². The number of hydrogen-bond acceptors (Lipinski definition) is 4. The Morgan fingerprint density at radius 3 is 2.50 bits per heavy atom. The molecule has 0 aliphatic heterocycles. The number of rotatable bonds is 2. The molecule has 1 rings (SSSR count). The number of ether oxygens (including phenoxy) is 1. The number of aromatic nitrogens is 2. The molecule has 1 heterocycles. The number of carbonyl (C=O) groups excluding carboxylic acids is 1. The second-order valence-electron chi connectivity index (χ2n) is 2.95. The van der Waals surface area contributed by atoms with Crippen LogP contribution < -0.4 is 5.73 Å². The number of nitrogen functional groups attached to an aromatic ring is 1. The van der Waals surface area contributed by atoms with Crippen molar-refractivity contribution < 1.29 is 22.7 Å². The summed E-state index contributed by atoms with van der Waals surface area (Å²) in [5, 5.41) is 3.15. The minimum absolute atomic E-state index is 0.0464. The lowest BCUT2D eigenvalue weighted by Gasteiger charge is -2.03. The van der Waals surface area contributed by atoms with Crippen LogP contribution in [0, 0.1) is 0 Å². The lowest BCUT2D eigenvalue weighted by Crippen LogP contribution is -2.12. The van der Waals surface area contributed by atoms with Gasteiger partial charge in [0.05, 0.1) is 12.3 Å². The van der Waals surface area contributed by atoms with Crippen LogP contribution in [-0.2, 0) is 18.0 Å². The van der Waals surface area contributed by atoms with E-state index in [4.69, 9.17) is 5.73 Å². The number of hydrogen-bond donors (Lipinski definition) is 1. The maximum atomic E-state index is 12.4. The smallest absolute Gasteiger partial charge is 0.437 e. The van der Waals surface area contributed by atoms with E-state index in [0.717, 1.165) is 4.68 Å². The molecule has 0 fully saturated rings. The zero-order chi connectivity index (χ0) is 12.5. The van der Waals surface area contributed by atoms with E-state index in [2.05, 4.69) is 9.84 Å². The maximum Gasteiger partial charge on any atom is 0.437 e. The molecule has 0 aliphatic carbocycles. The summed E-state index contributed by atoms with van der Waals surface area (Å²) >= 11 is 0. The molecule has 8 heteroatoms. The first-order chi connectivity index (χ1) is 7.29. The van der Waals surface area contributed by atoms with Crippen molar-refractivity contribution in [2.24, 2.45) is 7.05 Å². The Morgan fingerprint density at radius 1 is 1.56 bits per heavy atom. The van der Waals surface area contributed by atoms with Crippen LogP contribution >= 0.6 is 0 Å². The second-order valence-corrected chi connectivity index (χ2v) is 2.95. The van der Waals surface area contributed by atoms with Crippen molar-refractivity contribution in [2.45, 2.75) is 13.1 Å². The highest BCUT2D eigenvalue weighted by Crippen LogP contribution is 2.34. The van der Waals surface area contributed by atoms with Gasteiger partial charge < -0.3 is 10.5 Å². The fourth-order valence-corrected chi connectivity index (χ4v) is 1.19. The molecule has 0 saturated carbocycles. The second kappa shape index (κ2) is 4.03. The van der Waals surface area contributed by atoms with Gasteiger partial charge in [0.2, 0.25) is 0 Å². The van der Waals surface area contributed by atoms with Gasteiger partial charge in [-0.3, -0.25) is 4.68 Å². The van der Waals surface area contributed by atoms with Crippen molar-refractivity contribution in [3.63, 3.8) is 0 Å². The molecule has 90 valence electrons. The number of halogens is 3. The molecule has 0 aliphatic rings. The van der Waals surface area contributed by atoms with E-state index in [1.54, 1.807) is 0 Å². The molecule has 0 aromatic carbocycles. The first-order valence-corrected chi connectivity index (χ1v) is 4.35. The van der Waals surface area contributed by atoms with Gasteiger partial charge in [-0.15, -0.1) is 0 Å². The van der Waals surface area contributed by atoms with Crippen molar-refractivity contribution in [3.05, 3.63) is 11.4 Å². The summed E-state index contributed by atoms with van der Waals surface area (Å²) in [5.41, 5.74) is 2.83. The Labute approximate surface area is 89.0 Å². The van der Waals surface area contributed by atoms with Crippen molar-refractivity contribution >= 4 is 11.7 Å². The zero-order valence-electron chi connectivity index (χ0n) is 8.63. The monoisotopic (exact) mass is 237 g/mol. The quantitative estimate of drug-likeness (QED) is 0.784. The van der Waals surface area contributed by atoms with E-state index < -0.39 is 29.2 Å². The number of esters is 1. The molecule has 0 radical (unpaired) electrons. The minimum Gasteiger partial charge on any atom is -0.461 e. The SMILES string of the molecule is CCOC(=O)c1c(N)c(C(F)(F)F)nn1C. The Morgan fingerprint density at radius 2 is 2.12 bits per heavy atom. The maximum absolute atomic E-state index is 12.4. The van der Waals surface area contributed by atoms with Crippen molar-refractivity contribution in [1.82, 2.24) is 9.78 Å². The number of anilines is 1. The topological polar surface area (TPSA) is 70.1 Å². The first kappa shape index (κ1) is 12.3. The fraction of sp³-hybridized carbons (Fsp3) is 0.500. The van der Waals surface area contributed by atoms with Crippen LogP contribution in [0.25, 0.3) is 0 Å². The molecule has 1 aromatic heterocycles. The summed E-state index contributed by atoms with van der Waals surface area (Å²) in [5.74, 6) is -0.925. The average molecular weight is 237 g/mol. The third-order valence-electron chi connectivity index (χ3n) is 1.82. The molecule has 0 atom stereocenters. The fourth-order valence-electron chi connectivity index (χ4n) is 1.19. The Bertz CT molecular complexity index is 411. The van der Waals surface area contributed by atoms with Gasteiger partial charge >= 0.3 is 12.1 Å². The Kier molecular flexibility index (Phi) is 3.11. The number of aryl methyl sites for hydroxylation is 1. The molecule has 5 nitrogen and oxygen atoms in total. The van der Waals surface area contributed by atoms with E-state index in [9.17, 15) is 18.0 Å². The highest BCUT2D eigenvalue weighted by Gasteiger charge is 2.39. The van der Waals surface area contributed by atoms with Crippen LogP contribution in [0.2, 0.25) is 0 Å². The van der Waals surface area contributed by atoms with Gasteiger partial charge in [0, 0.05) is 7.05 Å². The molecule has 1 aromatic rings. The predicted octanol–water partition coefficient (Wildman–Crippen LogP) is 1.20. The van der Waals surface area contributed by atoms with Crippen LogP contribution in [0.3, 0.4) is 0 Å². The zero-order valence-corrected chi connectivity index (χ0v) is 8.63. The number of carbonyl (C=O) groups is 1. The van der Waals surface area contributed by atoms with E-state index in [-0.39, 0.29) is 6.61 Å². The minimum atomic E-state index is -4.69. The summed E-state index contributed by atoms with van der Waals surface area (Å²) in [6.07, 6.45) is -4.69. The summed E-state index contributed by atoms with van der Waals surface area (Å²) < 4.78 is 42.5. The lowest BCUT2D eigenvalue weighted by atomic mass is 10.3. The number of alkyl halides is 3. The van der Waals surface area contributed by atoms with E-state index in [1.807, 2.05) is 0 Å². The van der Waals surface area contributed by atoms with Crippen molar-refractivity contribution in [2.75, 3.05) is 12.3 Å². The summed E-state index contributed by atoms with van der Waals surface area (Å²) in [6.45, 7) is 1.58. The molecular weight excluding hydrogens is 227 g/mol. The van der Waals surface area contributed by atoms with E-state index in [0.29, 0.717) is 0 Å². The summed E-state index contributed by atoms with van der Waals surface area (Å²) in [4.78, 5) is 11.3. The molecule has 0 saturated heterocycles. The van der Waals surface area contributed by atoms with Crippen molar-refractivity contribution in [3.8, 4) is 0 Å². The van der Waals surface area contributed by atoms with Gasteiger partial charge in [-0.25, -0.2) is 4.79 Å². The van der Waals surface area contributed by atoms with E-state index >= 15 is 0 Å². The largest absolute Gasteiger partial charge is 0.461 e. The third-order valence-corrected chi connectivity index (χ3v) is 1.82. The molecule has 16 heavy (non-hydrogen) atoms. The standard InChI is InChI=1S/C8H10F3N3O2/c1-3-16-7(15)5-4(12)6(8(9,10)11)13-14(5)2/h3,12H2,1-2H3. The molecule has 2 N–H and O–H groups in total. The van der Waals surface area contributed by atoms with Crippen LogP contribution in [0.5, 0.6) is 0 Å². The molecule has 0 unspecified atom stereocenters. The number of nitrogens with zero attached hydrogens (tertiary/aromatic N) is 2. The highest BCUT2D eigenvalue weighted by atomic mass is 19.4. The van der Waals surface area contributed by atoms with Crippen molar-refractivity contribution in [1.29, 1.82) is 0 Å². The van der Waals surface area contributed by atoms with Crippen LogP contribution in [0.15, 0.2) is 0 Å². The molecule has 0 amide bonds. The van der Waals surface area contributed by atoms with Gasteiger partial charge in [-0.2, -0.15) is 18.3 Å². The molecule has 0 bridgehead atoms. The van der Waals surface area contributed by atoms with Crippen LogP contribution in [-0.4, -0.2) is 22.4 Å². The number of nitrogens with two attached hydrogens (primary N) is 1. The molecule has 0 spiro atoms. The first-order valence-electron chi connectivity index (χ1n) is 4.35. The van der Waals surface area contributed by atoms with Gasteiger partial charge in [0.15, 0.2) is 11.4 Å². The highest BCUT2D eigenvalue weighted by molar-refractivity contribution is 5.93. The Hall–Kier alpha value is -1.73. The summed E-state index contributed by atoms with van der Waals surface area (Å²) in [6, 6.07) is 0. The molecular formula is C8H10F3N3O2. The normalized spacial score (nSPS) is 11.6. The lowest BCUT2D eigenvalue weighted by molar-refractivity contribution is -0.140. The van der Waals surface area contributed by atoms with Gasteiger partial charge in [-0.05, 0) is 6.92 Å².